The van der Waals surface area contributed by atoms with Crippen molar-refractivity contribution in [1.82, 2.24) is 10.3 Å². The molecule has 0 fully saturated rings. The van der Waals surface area contributed by atoms with Gasteiger partial charge in [0, 0.05) is 16.6 Å². The summed E-state index contributed by atoms with van der Waals surface area (Å²) >= 11 is 1.50. The molecule has 2 N–H and O–H groups in total. The molecular formula is C15H13FN2O2S. The number of aliphatic hydroxyl groups excluding tert-OH is 1. The molecule has 6 heteroatoms. The van der Waals surface area contributed by atoms with Crippen molar-refractivity contribution < 1.29 is 14.3 Å². The molecule has 0 aliphatic heterocycles. The van der Waals surface area contributed by atoms with Gasteiger partial charge in [-0.05, 0) is 25.1 Å². The maximum atomic E-state index is 13.2. The van der Waals surface area contributed by atoms with Gasteiger partial charge in [-0.25, -0.2) is 9.37 Å². The molecular weight excluding hydrogens is 291 g/mol. The van der Waals surface area contributed by atoms with Gasteiger partial charge in [0.1, 0.15) is 12.4 Å². The van der Waals surface area contributed by atoms with Crippen LogP contribution >= 0.6 is 11.3 Å². The number of rotatable bonds is 3. The van der Waals surface area contributed by atoms with Crippen LogP contribution in [0.2, 0.25) is 0 Å². The predicted molar refractivity (Wildman–Crippen MR) is 78.4 cm³/mol. The average molecular weight is 304 g/mol. The van der Waals surface area contributed by atoms with E-state index >= 15 is 0 Å². The summed E-state index contributed by atoms with van der Waals surface area (Å²) in [4.78, 5) is 17.2. The number of carbonyl (C=O) groups is 1. The third-order valence-corrected chi connectivity index (χ3v) is 3.53. The average Bonchev–Trinajstić information content (AvgIpc) is 2.88. The first-order valence-corrected chi connectivity index (χ1v) is 7.00. The van der Waals surface area contributed by atoms with E-state index in [1.165, 1.54) is 29.5 Å². The van der Waals surface area contributed by atoms with E-state index in [1.807, 2.05) is 6.92 Å². The monoisotopic (exact) mass is 304 g/mol. The summed E-state index contributed by atoms with van der Waals surface area (Å²) in [6.45, 7) is 1.89. The van der Waals surface area contributed by atoms with Gasteiger partial charge in [-0.1, -0.05) is 11.8 Å². The molecule has 108 valence electrons. The van der Waals surface area contributed by atoms with Crippen LogP contribution in [0.25, 0.3) is 0 Å². The zero-order valence-corrected chi connectivity index (χ0v) is 12.1. The molecule has 0 unspecified atom stereocenters. The van der Waals surface area contributed by atoms with Gasteiger partial charge in [-0.3, -0.25) is 4.79 Å². The van der Waals surface area contributed by atoms with E-state index in [2.05, 4.69) is 22.1 Å². The maximum Gasteiger partial charge on any atom is 0.252 e. The number of carbonyl (C=O) groups excluding carboxylic acids is 1. The van der Waals surface area contributed by atoms with Gasteiger partial charge < -0.3 is 10.4 Å². The normalized spacial score (nSPS) is 9.86. The second-order valence-electron chi connectivity index (χ2n) is 4.18. The standard InChI is InChI=1S/C15H13FN2O2S/c1-10-17-8-13(21-10)9-18-15(20)14-5-4-12(16)7-11(14)3-2-6-19/h4-5,7-8,19H,6,9H2,1H3,(H,18,20). The van der Waals surface area contributed by atoms with E-state index < -0.39 is 5.82 Å². The maximum absolute atomic E-state index is 13.2. The fourth-order valence-corrected chi connectivity index (χ4v) is 2.44. The molecule has 1 amide bonds. The predicted octanol–water partition coefficient (Wildman–Crippen LogP) is 1.86. The lowest BCUT2D eigenvalue weighted by atomic mass is 10.1. The van der Waals surface area contributed by atoms with Crippen LogP contribution in [0.5, 0.6) is 0 Å². The number of aliphatic hydroxyl groups is 1. The van der Waals surface area contributed by atoms with Crippen LogP contribution < -0.4 is 5.32 Å². The van der Waals surface area contributed by atoms with Crippen molar-refractivity contribution in [3.05, 3.63) is 51.2 Å². The first-order valence-electron chi connectivity index (χ1n) is 6.19. The lowest BCUT2D eigenvalue weighted by Gasteiger charge is -2.06. The van der Waals surface area contributed by atoms with E-state index in [0.29, 0.717) is 6.54 Å². The molecule has 2 rings (SSSR count). The molecule has 1 aromatic heterocycles. The zero-order valence-electron chi connectivity index (χ0n) is 11.3. The van der Waals surface area contributed by atoms with Crippen molar-refractivity contribution in [2.75, 3.05) is 6.61 Å². The fourth-order valence-electron chi connectivity index (χ4n) is 1.70. The van der Waals surface area contributed by atoms with Gasteiger partial charge in [-0.2, -0.15) is 0 Å². The topological polar surface area (TPSA) is 62.2 Å². The Balaban J connectivity index is 2.14. The molecule has 4 nitrogen and oxygen atoms in total. The van der Waals surface area contributed by atoms with Crippen molar-refractivity contribution in [1.29, 1.82) is 0 Å². The molecule has 0 bridgehead atoms. The van der Waals surface area contributed by atoms with Crippen LogP contribution in [-0.4, -0.2) is 22.6 Å². The smallest absolute Gasteiger partial charge is 0.252 e. The Morgan fingerprint density at radius 1 is 1.52 bits per heavy atom. The van der Waals surface area contributed by atoms with E-state index in [1.54, 1.807) is 6.20 Å². The molecule has 0 spiro atoms. The summed E-state index contributed by atoms with van der Waals surface area (Å²) in [6, 6.07) is 3.76. The highest BCUT2D eigenvalue weighted by Gasteiger charge is 2.11. The van der Waals surface area contributed by atoms with Crippen molar-refractivity contribution in [3.63, 3.8) is 0 Å². The Morgan fingerprint density at radius 2 is 2.33 bits per heavy atom. The summed E-state index contributed by atoms with van der Waals surface area (Å²) in [6.07, 6.45) is 1.71. The van der Waals surface area contributed by atoms with Crippen molar-refractivity contribution in [2.45, 2.75) is 13.5 Å². The van der Waals surface area contributed by atoms with Gasteiger partial charge in [0.15, 0.2) is 0 Å². The minimum absolute atomic E-state index is 0.252. The number of thiazole rings is 1. The summed E-state index contributed by atoms with van der Waals surface area (Å²) in [5.41, 5.74) is 0.528. The molecule has 1 aromatic carbocycles. The minimum Gasteiger partial charge on any atom is -0.384 e. The summed E-state index contributed by atoms with van der Waals surface area (Å²) in [5.74, 6) is 4.17. The number of benzene rings is 1. The number of halogens is 1. The first kappa shape index (κ1) is 15.2. The van der Waals surface area contributed by atoms with E-state index in [4.69, 9.17) is 5.11 Å². The van der Waals surface area contributed by atoms with Crippen LogP contribution in [0.1, 0.15) is 25.8 Å². The van der Waals surface area contributed by atoms with Gasteiger partial charge >= 0.3 is 0 Å². The van der Waals surface area contributed by atoms with Crippen LogP contribution in [0.4, 0.5) is 4.39 Å². The second-order valence-corrected chi connectivity index (χ2v) is 5.50. The van der Waals surface area contributed by atoms with Crippen molar-refractivity contribution in [2.24, 2.45) is 0 Å². The van der Waals surface area contributed by atoms with Crippen LogP contribution in [0, 0.1) is 24.6 Å². The van der Waals surface area contributed by atoms with E-state index in [-0.39, 0.29) is 23.6 Å². The molecule has 0 saturated carbocycles. The highest BCUT2D eigenvalue weighted by atomic mass is 32.1. The molecule has 0 aliphatic rings. The number of hydrogen-bond donors (Lipinski definition) is 2. The Labute approximate surface area is 125 Å². The molecule has 2 aromatic rings. The Morgan fingerprint density at radius 3 is 3.00 bits per heavy atom. The van der Waals surface area contributed by atoms with E-state index in [9.17, 15) is 9.18 Å². The number of aromatic nitrogens is 1. The highest BCUT2D eigenvalue weighted by Crippen LogP contribution is 2.13. The third-order valence-electron chi connectivity index (χ3n) is 2.62. The van der Waals surface area contributed by atoms with Crippen LogP contribution in [0.15, 0.2) is 24.4 Å². The Kier molecular flexibility index (Phi) is 5.04. The number of nitrogens with zero attached hydrogens (tertiary/aromatic N) is 1. The van der Waals surface area contributed by atoms with Gasteiger partial charge in [-0.15, -0.1) is 11.3 Å². The minimum atomic E-state index is -0.480. The molecule has 0 aliphatic carbocycles. The first-order chi connectivity index (χ1) is 10.1. The largest absolute Gasteiger partial charge is 0.384 e. The van der Waals surface area contributed by atoms with Gasteiger partial charge in [0.05, 0.1) is 17.1 Å². The Hall–Kier alpha value is -2.23. The van der Waals surface area contributed by atoms with Crippen molar-refractivity contribution in [3.8, 4) is 11.8 Å². The lowest BCUT2D eigenvalue weighted by Crippen LogP contribution is -2.23. The van der Waals surface area contributed by atoms with Crippen LogP contribution in [0.3, 0.4) is 0 Å². The molecule has 1 heterocycles. The Bertz CT molecular complexity index is 716. The summed E-state index contributed by atoms with van der Waals surface area (Å²) < 4.78 is 13.2. The lowest BCUT2D eigenvalue weighted by molar-refractivity contribution is 0.0951. The fraction of sp³-hybridized carbons (Fsp3) is 0.200. The summed E-state index contributed by atoms with van der Waals surface area (Å²) in [7, 11) is 0. The van der Waals surface area contributed by atoms with Gasteiger partial charge in [0.2, 0.25) is 0 Å². The van der Waals surface area contributed by atoms with Gasteiger partial charge in [0.25, 0.3) is 5.91 Å². The molecule has 0 radical (unpaired) electrons. The number of amides is 1. The van der Waals surface area contributed by atoms with Crippen molar-refractivity contribution >= 4 is 17.2 Å². The number of aryl methyl sites for hydroxylation is 1. The van der Waals surface area contributed by atoms with E-state index in [0.717, 1.165) is 9.88 Å². The van der Waals surface area contributed by atoms with Crippen LogP contribution in [-0.2, 0) is 6.54 Å². The highest BCUT2D eigenvalue weighted by molar-refractivity contribution is 7.11. The zero-order chi connectivity index (χ0) is 15.2. The molecule has 21 heavy (non-hydrogen) atoms. The molecule has 0 saturated heterocycles. The quantitative estimate of drug-likeness (QED) is 0.851. The summed E-state index contributed by atoms with van der Waals surface area (Å²) in [5, 5.41) is 12.4. The SMILES string of the molecule is Cc1ncc(CNC(=O)c2ccc(F)cc2C#CCO)s1. The second kappa shape index (κ2) is 6.97. The molecule has 0 atom stereocenters. The third kappa shape index (κ3) is 4.12. The number of nitrogens with one attached hydrogen (secondary N) is 1. The number of hydrogen-bond acceptors (Lipinski definition) is 4.